The maximum atomic E-state index is 11.0. The van der Waals surface area contributed by atoms with Gasteiger partial charge in [-0.05, 0) is 19.3 Å². The number of nitrogens with zero attached hydrogens (tertiary/aromatic N) is 1. The van der Waals surface area contributed by atoms with Crippen LogP contribution < -0.4 is 5.73 Å². The van der Waals surface area contributed by atoms with Gasteiger partial charge in [-0.3, -0.25) is 4.79 Å². The topological polar surface area (TPSA) is 65.2 Å². The quantitative estimate of drug-likeness (QED) is 0.812. The molecule has 1 aliphatic carbocycles. The van der Waals surface area contributed by atoms with Crippen molar-refractivity contribution < 1.29 is 9.53 Å². The van der Waals surface area contributed by atoms with E-state index in [9.17, 15) is 4.79 Å². The number of rotatable bonds is 4. The zero-order chi connectivity index (χ0) is 11.6. The van der Waals surface area contributed by atoms with Crippen molar-refractivity contribution in [3.05, 3.63) is 16.1 Å². The Morgan fingerprint density at radius 2 is 2.44 bits per heavy atom. The van der Waals surface area contributed by atoms with E-state index >= 15 is 0 Å². The monoisotopic (exact) mass is 240 g/mol. The van der Waals surface area contributed by atoms with E-state index in [2.05, 4.69) is 9.72 Å². The molecule has 1 fully saturated rings. The van der Waals surface area contributed by atoms with Crippen LogP contribution in [0, 0.1) is 0 Å². The van der Waals surface area contributed by atoms with Gasteiger partial charge in [0.05, 0.1) is 24.8 Å². The highest BCUT2D eigenvalue weighted by Crippen LogP contribution is 2.39. The van der Waals surface area contributed by atoms with Crippen molar-refractivity contribution in [1.29, 1.82) is 0 Å². The molecule has 1 aromatic heterocycles. The first-order valence-electron chi connectivity index (χ1n) is 5.45. The molecule has 0 atom stereocenters. The third kappa shape index (κ3) is 2.25. The Labute approximate surface area is 98.8 Å². The maximum Gasteiger partial charge on any atom is 0.305 e. The molecule has 4 nitrogen and oxygen atoms in total. The molecule has 2 N–H and O–H groups in total. The largest absolute Gasteiger partial charge is 0.469 e. The maximum absolute atomic E-state index is 11.0. The van der Waals surface area contributed by atoms with Crippen molar-refractivity contribution in [2.45, 2.75) is 37.6 Å². The van der Waals surface area contributed by atoms with Crippen LogP contribution in [0.1, 0.15) is 36.4 Å². The van der Waals surface area contributed by atoms with Crippen molar-refractivity contribution >= 4 is 17.3 Å². The minimum atomic E-state index is -0.194. The molecule has 1 aliphatic rings. The van der Waals surface area contributed by atoms with Gasteiger partial charge < -0.3 is 10.5 Å². The average Bonchev–Trinajstić information content (AvgIpc) is 2.71. The fourth-order valence-electron chi connectivity index (χ4n) is 1.75. The number of aromatic nitrogens is 1. The Morgan fingerprint density at radius 3 is 3.00 bits per heavy atom. The predicted molar refractivity (Wildman–Crippen MR) is 62.2 cm³/mol. The molecule has 0 saturated heterocycles. The molecule has 0 unspecified atom stereocenters. The highest BCUT2D eigenvalue weighted by molar-refractivity contribution is 7.09. The fraction of sp³-hybridized carbons (Fsp3) is 0.636. The highest BCUT2D eigenvalue weighted by Gasteiger charge is 2.37. The third-order valence-corrected chi connectivity index (χ3v) is 4.15. The Bertz CT molecular complexity index is 385. The summed E-state index contributed by atoms with van der Waals surface area (Å²) in [6, 6.07) is 0. The second-order valence-electron chi connectivity index (χ2n) is 4.23. The van der Waals surface area contributed by atoms with Gasteiger partial charge >= 0.3 is 5.97 Å². The van der Waals surface area contributed by atoms with Gasteiger partial charge in [0.25, 0.3) is 0 Å². The van der Waals surface area contributed by atoms with Crippen LogP contribution in [0.25, 0.3) is 0 Å². The summed E-state index contributed by atoms with van der Waals surface area (Å²) < 4.78 is 4.59. The second-order valence-corrected chi connectivity index (χ2v) is 5.09. The Kier molecular flexibility index (Phi) is 3.25. The van der Waals surface area contributed by atoms with Gasteiger partial charge in [-0.2, -0.15) is 0 Å². The molecule has 0 amide bonds. The van der Waals surface area contributed by atoms with Crippen molar-refractivity contribution in [3.63, 3.8) is 0 Å². The van der Waals surface area contributed by atoms with E-state index in [1.165, 1.54) is 13.5 Å². The molecule has 0 aliphatic heterocycles. The SMILES string of the molecule is COC(=O)CCc1csc(C2(N)CCC2)n1. The van der Waals surface area contributed by atoms with Crippen LogP contribution in [0.4, 0.5) is 0 Å². The minimum absolute atomic E-state index is 0.186. The second kappa shape index (κ2) is 4.51. The molecule has 16 heavy (non-hydrogen) atoms. The van der Waals surface area contributed by atoms with Crippen LogP contribution in [0.15, 0.2) is 5.38 Å². The smallest absolute Gasteiger partial charge is 0.305 e. The Balaban J connectivity index is 1.94. The number of ether oxygens (including phenoxy) is 1. The summed E-state index contributed by atoms with van der Waals surface area (Å²) in [5.74, 6) is -0.194. The molecular formula is C11H16N2O2S. The number of esters is 1. The highest BCUT2D eigenvalue weighted by atomic mass is 32.1. The van der Waals surface area contributed by atoms with Crippen LogP contribution in [0.5, 0.6) is 0 Å². The number of aryl methyl sites for hydroxylation is 1. The summed E-state index contributed by atoms with van der Waals surface area (Å²) in [5.41, 5.74) is 6.94. The number of thiazole rings is 1. The first-order valence-corrected chi connectivity index (χ1v) is 6.32. The number of nitrogens with two attached hydrogens (primary N) is 1. The number of methoxy groups -OCH3 is 1. The van der Waals surface area contributed by atoms with Crippen molar-refractivity contribution in [3.8, 4) is 0 Å². The molecule has 0 aromatic carbocycles. The van der Waals surface area contributed by atoms with Gasteiger partial charge in [0, 0.05) is 11.8 Å². The molecule has 5 heteroatoms. The average molecular weight is 240 g/mol. The van der Waals surface area contributed by atoms with E-state index in [0.29, 0.717) is 12.8 Å². The molecule has 0 bridgehead atoms. The number of carbonyl (C=O) groups is 1. The number of hydrogen-bond acceptors (Lipinski definition) is 5. The predicted octanol–water partition coefficient (Wildman–Crippen LogP) is 1.59. The summed E-state index contributed by atoms with van der Waals surface area (Å²) in [5, 5.41) is 3.00. The van der Waals surface area contributed by atoms with Crippen molar-refractivity contribution in [1.82, 2.24) is 4.98 Å². The van der Waals surface area contributed by atoms with E-state index in [4.69, 9.17) is 5.73 Å². The van der Waals surface area contributed by atoms with Crippen LogP contribution in [-0.2, 0) is 21.5 Å². The molecule has 1 saturated carbocycles. The lowest BCUT2D eigenvalue weighted by molar-refractivity contribution is -0.140. The summed E-state index contributed by atoms with van der Waals surface area (Å²) in [7, 11) is 1.40. The fourth-order valence-corrected chi connectivity index (χ4v) is 2.78. The van der Waals surface area contributed by atoms with Gasteiger partial charge in [-0.1, -0.05) is 0 Å². The van der Waals surface area contributed by atoms with Gasteiger partial charge in [0.15, 0.2) is 0 Å². The van der Waals surface area contributed by atoms with Gasteiger partial charge in [0.1, 0.15) is 5.01 Å². The number of carbonyl (C=O) groups excluding carboxylic acids is 1. The molecule has 88 valence electrons. The Morgan fingerprint density at radius 1 is 1.69 bits per heavy atom. The Hall–Kier alpha value is -0.940. The van der Waals surface area contributed by atoms with E-state index in [0.717, 1.165) is 23.5 Å². The molecule has 2 rings (SSSR count). The zero-order valence-electron chi connectivity index (χ0n) is 9.36. The first kappa shape index (κ1) is 11.5. The van der Waals surface area contributed by atoms with Crippen LogP contribution in [0.3, 0.4) is 0 Å². The lowest BCUT2D eigenvalue weighted by atomic mass is 9.78. The molecule has 1 aromatic rings. The van der Waals surface area contributed by atoms with Crippen LogP contribution >= 0.6 is 11.3 Å². The lowest BCUT2D eigenvalue weighted by Gasteiger charge is -2.35. The molecule has 0 radical (unpaired) electrons. The van der Waals surface area contributed by atoms with E-state index in [1.54, 1.807) is 11.3 Å². The van der Waals surface area contributed by atoms with E-state index < -0.39 is 0 Å². The van der Waals surface area contributed by atoms with E-state index in [1.807, 2.05) is 5.38 Å². The van der Waals surface area contributed by atoms with Crippen molar-refractivity contribution in [2.75, 3.05) is 7.11 Å². The minimum Gasteiger partial charge on any atom is -0.469 e. The van der Waals surface area contributed by atoms with Gasteiger partial charge in [-0.25, -0.2) is 4.98 Å². The zero-order valence-corrected chi connectivity index (χ0v) is 10.2. The summed E-state index contributed by atoms with van der Waals surface area (Å²) in [6.45, 7) is 0. The first-order chi connectivity index (χ1) is 7.64. The van der Waals surface area contributed by atoms with Gasteiger partial charge in [-0.15, -0.1) is 11.3 Å². The van der Waals surface area contributed by atoms with E-state index in [-0.39, 0.29) is 11.5 Å². The van der Waals surface area contributed by atoms with Crippen LogP contribution in [-0.4, -0.2) is 18.1 Å². The number of hydrogen-bond donors (Lipinski definition) is 1. The summed E-state index contributed by atoms with van der Waals surface area (Å²) in [6.07, 6.45) is 4.26. The normalized spacial score (nSPS) is 17.9. The summed E-state index contributed by atoms with van der Waals surface area (Å²) >= 11 is 1.60. The lowest BCUT2D eigenvalue weighted by Crippen LogP contribution is -2.43. The van der Waals surface area contributed by atoms with Gasteiger partial charge in [0.2, 0.25) is 0 Å². The molecular weight excluding hydrogens is 224 g/mol. The molecule has 1 heterocycles. The standard InChI is InChI=1S/C11H16N2O2S/c1-15-9(14)4-3-8-7-16-10(13-8)11(12)5-2-6-11/h7H,2-6,12H2,1H3. The summed E-state index contributed by atoms with van der Waals surface area (Å²) in [4.78, 5) is 15.5. The van der Waals surface area contributed by atoms with Crippen molar-refractivity contribution in [2.24, 2.45) is 5.73 Å². The van der Waals surface area contributed by atoms with Crippen LogP contribution in [0.2, 0.25) is 0 Å². The molecule has 0 spiro atoms. The third-order valence-electron chi connectivity index (χ3n) is 3.04.